The van der Waals surface area contributed by atoms with Crippen molar-refractivity contribution in [3.05, 3.63) is 94.6 Å². The van der Waals surface area contributed by atoms with Crippen LogP contribution in [0.25, 0.3) is 32.7 Å². The zero-order chi connectivity index (χ0) is 33.4. The van der Waals surface area contributed by atoms with Crippen LogP contribution < -0.4 is 0 Å². The van der Waals surface area contributed by atoms with Crippen LogP contribution in [0.4, 0.5) is 0 Å². The topological polar surface area (TPSA) is 0 Å². The van der Waals surface area contributed by atoms with Crippen molar-refractivity contribution in [3.8, 4) is 11.1 Å². The Bertz CT molecular complexity index is 1300. The van der Waals surface area contributed by atoms with Crippen LogP contribution in [0, 0.1) is 13.8 Å². The van der Waals surface area contributed by atoms with Gasteiger partial charge in [0, 0.05) is 0 Å². The Morgan fingerprint density at radius 3 is 1.30 bits per heavy atom. The maximum absolute atomic E-state index is 2.45. The molecule has 4 rings (SSSR count). The Labute approximate surface area is 269 Å². The SMILES string of the molecule is CC.CC.CC.CC.CC=C(C)Cc1cc(C)c2ccccc2c1-c1c(CCCC)cc(C)c2ccccc12.CCCC. The van der Waals surface area contributed by atoms with Gasteiger partial charge in [-0.05, 0) is 102 Å². The van der Waals surface area contributed by atoms with Crippen LogP contribution in [0.5, 0.6) is 0 Å². The average molecular weight is 585 g/mol. The van der Waals surface area contributed by atoms with E-state index >= 15 is 0 Å². The zero-order valence-electron chi connectivity index (χ0n) is 31.1. The minimum absolute atomic E-state index is 0.993. The van der Waals surface area contributed by atoms with Crippen LogP contribution in [-0.2, 0) is 12.8 Å². The van der Waals surface area contributed by atoms with Crippen LogP contribution in [0.3, 0.4) is 0 Å². The summed E-state index contributed by atoms with van der Waals surface area (Å²) in [7, 11) is 0. The maximum atomic E-state index is 2.45. The minimum atomic E-state index is 0.993. The summed E-state index contributed by atoms with van der Waals surface area (Å²) in [5.74, 6) is 0. The Kier molecular flexibility index (Phi) is 25.2. The Morgan fingerprint density at radius 1 is 0.558 bits per heavy atom. The van der Waals surface area contributed by atoms with Gasteiger partial charge in [-0.25, -0.2) is 0 Å². The van der Waals surface area contributed by atoms with Crippen molar-refractivity contribution in [2.24, 2.45) is 0 Å². The molecule has 240 valence electrons. The fourth-order valence-electron chi connectivity index (χ4n) is 4.96. The van der Waals surface area contributed by atoms with E-state index < -0.39 is 0 Å². The van der Waals surface area contributed by atoms with Gasteiger partial charge < -0.3 is 0 Å². The molecule has 0 N–H and O–H groups in total. The van der Waals surface area contributed by atoms with Gasteiger partial charge in [-0.3, -0.25) is 0 Å². The normalized spacial score (nSPS) is 9.98. The highest BCUT2D eigenvalue weighted by Crippen LogP contribution is 2.42. The number of aryl methyl sites for hydroxylation is 3. The van der Waals surface area contributed by atoms with E-state index in [-0.39, 0.29) is 0 Å². The third-order valence-electron chi connectivity index (χ3n) is 7.18. The van der Waals surface area contributed by atoms with E-state index in [1.807, 2.05) is 55.4 Å². The molecule has 0 amide bonds. The van der Waals surface area contributed by atoms with Crippen molar-refractivity contribution in [3.63, 3.8) is 0 Å². The van der Waals surface area contributed by atoms with Gasteiger partial charge in [-0.2, -0.15) is 0 Å². The van der Waals surface area contributed by atoms with Crippen LogP contribution in [-0.4, -0.2) is 0 Å². The molecule has 0 aromatic heterocycles. The first-order chi connectivity index (χ1) is 21.0. The average Bonchev–Trinajstić information content (AvgIpc) is 3.08. The summed E-state index contributed by atoms with van der Waals surface area (Å²) in [5.41, 5.74) is 9.99. The summed E-state index contributed by atoms with van der Waals surface area (Å²) in [6.45, 7) is 31.6. The Morgan fingerprint density at radius 2 is 0.930 bits per heavy atom. The number of unbranched alkanes of at least 4 members (excludes halogenated alkanes) is 2. The molecule has 0 spiro atoms. The lowest BCUT2D eigenvalue weighted by atomic mass is 9.82. The van der Waals surface area contributed by atoms with E-state index in [0.29, 0.717) is 0 Å². The van der Waals surface area contributed by atoms with E-state index in [0.717, 1.165) is 12.8 Å². The summed E-state index contributed by atoms with van der Waals surface area (Å²) < 4.78 is 0. The number of hydrogen-bond acceptors (Lipinski definition) is 0. The van der Waals surface area contributed by atoms with Crippen LogP contribution in [0.1, 0.15) is 138 Å². The van der Waals surface area contributed by atoms with Crippen molar-refractivity contribution >= 4 is 21.5 Å². The van der Waals surface area contributed by atoms with Gasteiger partial charge in [0.2, 0.25) is 0 Å². The standard InChI is InChI=1S/C31H34.C4H10.4C2H6/c1-6-8-13-24-19-22(4)26-14-9-11-16-28(26)30(24)31-25(18-21(3)7-2)20-23(5)27-15-10-12-17-29(27)31;1-3-4-2;4*1-2/h7,9-12,14-17,19-20H,6,8,13,18H2,1-5H3;3-4H2,1-2H3;4*1-2H3. The molecule has 0 heteroatoms. The molecular formula is C43H68. The van der Waals surface area contributed by atoms with Gasteiger partial charge in [0.05, 0.1) is 0 Å². The fraction of sp³-hybridized carbons (Fsp3) is 0.488. The molecule has 0 bridgehead atoms. The van der Waals surface area contributed by atoms with Crippen LogP contribution in [0.2, 0.25) is 0 Å². The van der Waals surface area contributed by atoms with Crippen LogP contribution >= 0.6 is 0 Å². The summed E-state index contributed by atoms with van der Waals surface area (Å²) in [6, 6.07) is 22.8. The first kappa shape index (κ1) is 42.3. The highest BCUT2D eigenvalue weighted by molar-refractivity contribution is 6.09. The van der Waals surface area contributed by atoms with Gasteiger partial charge in [-0.15, -0.1) is 0 Å². The smallest absolute Gasteiger partial charge is 0.00608 e. The molecule has 0 atom stereocenters. The summed E-state index contributed by atoms with van der Waals surface area (Å²) in [6.07, 6.45) is 9.44. The Hall–Kier alpha value is -2.86. The van der Waals surface area contributed by atoms with Crippen molar-refractivity contribution in [2.45, 2.75) is 142 Å². The molecule has 0 aliphatic rings. The van der Waals surface area contributed by atoms with Crippen LogP contribution in [0.15, 0.2) is 72.3 Å². The molecule has 0 heterocycles. The van der Waals surface area contributed by atoms with Gasteiger partial charge in [-0.1, -0.05) is 168 Å². The molecule has 0 fully saturated rings. The molecule has 0 aliphatic heterocycles. The van der Waals surface area contributed by atoms with Gasteiger partial charge in [0.25, 0.3) is 0 Å². The van der Waals surface area contributed by atoms with E-state index in [1.54, 1.807) is 0 Å². The highest BCUT2D eigenvalue weighted by Gasteiger charge is 2.19. The van der Waals surface area contributed by atoms with Gasteiger partial charge >= 0.3 is 0 Å². The highest BCUT2D eigenvalue weighted by atomic mass is 14.2. The lowest BCUT2D eigenvalue weighted by Crippen LogP contribution is -2.01. The molecule has 4 aromatic rings. The number of hydrogen-bond donors (Lipinski definition) is 0. The zero-order valence-corrected chi connectivity index (χ0v) is 31.1. The first-order valence-electron chi connectivity index (χ1n) is 17.6. The Balaban J connectivity index is 0. The van der Waals surface area contributed by atoms with E-state index in [2.05, 4.69) is 115 Å². The van der Waals surface area contributed by atoms with E-state index in [9.17, 15) is 0 Å². The number of fused-ring (bicyclic) bond motifs is 2. The third kappa shape index (κ3) is 12.3. The van der Waals surface area contributed by atoms with E-state index in [1.165, 1.54) is 86.2 Å². The van der Waals surface area contributed by atoms with Crippen molar-refractivity contribution in [2.75, 3.05) is 0 Å². The van der Waals surface area contributed by atoms with Gasteiger partial charge in [0.15, 0.2) is 0 Å². The molecule has 0 saturated heterocycles. The predicted octanol–water partition coefficient (Wildman–Crippen LogP) is 15.0. The fourth-order valence-corrected chi connectivity index (χ4v) is 4.96. The molecule has 0 saturated carbocycles. The number of allylic oxidation sites excluding steroid dienone is 2. The van der Waals surface area contributed by atoms with Crippen molar-refractivity contribution in [1.82, 2.24) is 0 Å². The van der Waals surface area contributed by atoms with Crippen molar-refractivity contribution < 1.29 is 0 Å². The molecule has 0 nitrogen and oxygen atoms in total. The van der Waals surface area contributed by atoms with Crippen molar-refractivity contribution in [1.29, 1.82) is 0 Å². The molecule has 0 radical (unpaired) electrons. The van der Waals surface area contributed by atoms with E-state index in [4.69, 9.17) is 0 Å². The third-order valence-corrected chi connectivity index (χ3v) is 7.18. The number of rotatable bonds is 7. The molecule has 0 unspecified atom stereocenters. The summed E-state index contributed by atoms with van der Waals surface area (Å²) in [4.78, 5) is 0. The quantitative estimate of drug-likeness (QED) is 0.190. The second-order valence-electron chi connectivity index (χ2n) is 9.96. The lowest BCUT2D eigenvalue weighted by molar-refractivity contribution is 0.796. The molecule has 0 aliphatic carbocycles. The molecule has 4 aromatic carbocycles. The lowest BCUT2D eigenvalue weighted by Gasteiger charge is -2.22. The predicted molar refractivity (Wildman–Crippen MR) is 204 cm³/mol. The van der Waals surface area contributed by atoms with Gasteiger partial charge in [0.1, 0.15) is 0 Å². The second-order valence-corrected chi connectivity index (χ2v) is 9.96. The monoisotopic (exact) mass is 585 g/mol. The first-order valence-corrected chi connectivity index (χ1v) is 17.6. The molecule has 43 heavy (non-hydrogen) atoms. The number of benzene rings is 4. The second kappa shape index (κ2) is 25.6. The summed E-state index contributed by atoms with van der Waals surface area (Å²) in [5, 5.41) is 5.51. The minimum Gasteiger partial charge on any atom is -0.0884 e. The molecular weight excluding hydrogens is 516 g/mol. The summed E-state index contributed by atoms with van der Waals surface area (Å²) >= 11 is 0. The largest absolute Gasteiger partial charge is 0.0884 e. The maximum Gasteiger partial charge on any atom is -0.00608 e.